The lowest BCUT2D eigenvalue weighted by atomic mass is 10.00. The van der Waals surface area contributed by atoms with Crippen molar-refractivity contribution in [2.75, 3.05) is 39.6 Å². The summed E-state index contributed by atoms with van der Waals surface area (Å²) in [5.41, 5.74) is 0. The molecule has 0 bridgehead atoms. The summed E-state index contributed by atoms with van der Waals surface area (Å²) < 4.78 is 68.6. The fourth-order valence-electron chi connectivity index (χ4n) is 12.2. The molecule has 6 atom stereocenters. The Morgan fingerprint density at radius 3 is 0.724 bits per heavy atom. The van der Waals surface area contributed by atoms with Gasteiger partial charge in [0.1, 0.15) is 19.3 Å². The molecule has 0 saturated heterocycles. The van der Waals surface area contributed by atoms with Gasteiger partial charge >= 0.3 is 39.5 Å². The van der Waals surface area contributed by atoms with E-state index in [-0.39, 0.29) is 25.7 Å². The van der Waals surface area contributed by atoms with Gasteiger partial charge in [-0.2, -0.15) is 0 Å². The predicted octanol–water partition coefficient (Wildman–Crippen LogP) is 23.6. The lowest BCUT2D eigenvalue weighted by molar-refractivity contribution is -0.161. The Hall–Kier alpha value is -1.94. The van der Waals surface area contributed by atoms with Gasteiger partial charge in [-0.15, -0.1) is 0 Å². The first kappa shape index (κ1) is 96.1. The third-order valence-electron chi connectivity index (χ3n) is 18.9. The maximum atomic E-state index is 13.1. The zero-order chi connectivity index (χ0) is 71.9. The van der Waals surface area contributed by atoms with Crippen LogP contribution in [0.5, 0.6) is 0 Å². The number of phosphoric acid groups is 2. The third-order valence-corrected chi connectivity index (χ3v) is 20.8. The minimum Gasteiger partial charge on any atom is -0.462 e. The molecule has 0 spiro atoms. The number of rotatable bonds is 79. The Bertz CT molecular complexity index is 1880. The van der Waals surface area contributed by atoms with E-state index in [0.717, 1.165) is 102 Å². The van der Waals surface area contributed by atoms with E-state index in [1.54, 1.807) is 0 Å². The van der Waals surface area contributed by atoms with Gasteiger partial charge in [-0.05, 0) is 31.6 Å². The van der Waals surface area contributed by atoms with E-state index in [2.05, 4.69) is 34.6 Å². The summed E-state index contributed by atoms with van der Waals surface area (Å²) in [6, 6.07) is 0. The van der Waals surface area contributed by atoms with Crippen molar-refractivity contribution in [2.45, 2.75) is 438 Å². The maximum absolute atomic E-state index is 13.1. The van der Waals surface area contributed by atoms with Gasteiger partial charge in [0, 0.05) is 25.7 Å². The van der Waals surface area contributed by atoms with E-state index < -0.39 is 97.5 Å². The molecule has 0 aliphatic carbocycles. The molecule has 0 saturated carbocycles. The van der Waals surface area contributed by atoms with Crippen LogP contribution in [0.25, 0.3) is 0 Å². The van der Waals surface area contributed by atoms with E-state index >= 15 is 0 Å². The number of hydrogen-bond acceptors (Lipinski definition) is 15. The van der Waals surface area contributed by atoms with Crippen LogP contribution >= 0.6 is 15.6 Å². The number of unbranched alkanes of at least 4 members (excludes halogenated alkanes) is 50. The highest BCUT2D eigenvalue weighted by atomic mass is 31.2. The molecule has 19 heteroatoms. The number of carbonyl (C=O) groups excluding carboxylic acids is 4. The molecule has 0 aliphatic rings. The number of phosphoric ester groups is 2. The highest BCUT2D eigenvalue weighted by Crippen LogP contribution is 2.45. The minimum absolute atomic E-state index is 0.107. The van der Waals surface area contributed by atoms with Crippen molar-refractivity contribution in [3.05, 3.63) is 0 Å². The van der Waals surface area contributed by atoms with Crippen molar-refractivity contribution >= 4 is 39.5 Å². The van der Waals surface area contributed by atoms with E-state index in [9.17, 15) is 43.2 Å². The summed E-state index contributed by atoms with van der Waals surface area (Å²) in [5, 5.41) is 10.6. The predicted molar refractivity (Wildman–Crippen MR) is 400 cm³/mol. The molecule has 0 aliphatic heterocycles. The average molecular weight is 1440 g/mol. The molecule has 3 N–H and O–H groups in total. The highest BCUT2D eigenvalue weighted by Gasteiger charge is 2.30. The SMILES string of the molecule is CCCCCCCCCCCCCCCCCCCCCCC(=O)O[C@H](COC(=O)CCCCCCCCCCCCCCCCC)COP(=O)(O)OC[C@@H](O)COP(=O)(O)OC[C@@H](COC(=O)CCCCCCCCC(C)CC)OC(=O)CCCCCCCCCCCCCCC. The molecule has 17 nitrogen and oxygen atoms in total. The number of aliphatic hydroxyl groups excluding tert-OH is 1. The summed E-state index contributed by atoms with van der Waals surface area (Å²) in [7, 11) is -9.91. The number of ether oxygens (including phenoxy) is 4. The normalized spacial score (nSPS) is 14.2. The maximum Gasteiger partial charge on any atom is 0.472 e. The fourth-order valence-corrected chi connectivity index (χ4v) is 13.8. The standard InChI is InChI=1S/C79H154O17P2/c1-6-10-13-16-19-22-25-28-30-31-32-33-34-36-39-42-45-48-55-60-65-78(83)95-74(68-89-76(81)62-57-52-46-43-40-38-35-29-26-23-20-17-14-11-7-2)70-93-97(85,86)91-66-73(80)67-92-98(87,88)94-71-75(69-90-77(82)63-58-53-50-49-51-56-61-72(5)9-4)96-79(84)64-59-54-47-44-41-37-27-24-21-18-15-12-8-3/h72-75,80H,6-71H2,1-5H3,(H,85,86)(H,87,88)/t72?,73-,74-,75-/m1/s1. The van der Waals surface area contributed by atoms with Crippen LogP contribution in [0.15, 0.2) is 0 Å². The van der Waals surface area contributed by atoms with Crippen molar-refractivity contribution in [1.82, 2.24) is 0 Å². The monoisotopic (exact) mass is 1440 g/mol. The third kappa shape index (κ3) is 71.1. The van der Waals surface area contributed by atoms with Crippen LogP contribution in [0, 0.1) is 5.92 Å². The Morgan fingerprint density at radius 2 is 0.490 bits per heavy atom. The second-order valence-electron chi connectivity index (χ2n) is 28.7. The van der Waals surface area contributed by atoms with Crippen LogP contribution in [-0.4, -0.2) is 96.7 Å². The van der Waals surface area contributed by atoms with Gasteiger partial charge in [0.05, 0.1) is 26.4 Å². The lowest BCUT2D eigenvalue weighted by Crippen LogP contribution is -2.30. The molecule has 0 heterocycles. The van der Waals surface area contributed by atoms with Crippen molar-refractivity contribution < 1.29 is 80.2 Å². The van der Waals surface area contributed by atoms with Crippen LogP contribution in [0.1, 0.15) is 420 Å². The molecule has 3 unspecified atom stereocenters. The molecule has 0 radical (unpaired) electrons. The zero-order valence-corrected chi connectivity index (χ0v) is 65.7. The summed E-state index contributed by atoms with van der Waals surface area (Å²) >= 11 is 0. The molecule has 98 heavy (non-hydrogen) atoms. The Morgan fingerprint density at radius 1 is 0.286 bits per heavy atom. The quantitative estimate of drug-likeness (QED) is 0.0222. The Balaban J connectivity index is 5.23. The molecule has 0 amide bonds. The number of aliphatic hydroxyl groups is 1. The van der Waals surface area contributed by atoms with E-state index in [4.69, 9.17) is 37.0 Å². The molecule has 0 aromatic rings. The van der Waals surface area contributed by atoms with E-state index in [1.165, 1.54) is 238 Å². The highest BCUT2D eigenvalue weighted by molar-refractivity contribution is 7.47. The number of hydrogen-bond donors (Lipinski definition) is 3. The van der Waals surface area contributed by atoms with Gasteiger partial charge in [0.15, 0.2) is 12.2 Å². The molecule has 0 rings (SSSR count). The van der Waals surface area contributed by atoms with Gasteiger partial charge in [0.2, 0.25) is 0 Å². The van der Waals surface area contributed by atoms with Crippen molar-refractivity contribution in [1.29, 1.82) is 0 Å². The van der Waals surface area contributed by atoms with Crippen LogP contribution in [0.4, 0.5) is 0 Å². The van der Waals surface area contributed by atoms with Crippen molar-refractivity contribution in [3.8, 4) is 0 Å². The lowest BCUT2D eigenvalue weighted by Gasteiger charge is -2.21. The summed E-state index contributed by atoms with van der Waals surface area (Å²) in [4.78, 5) is 72.9. The van der Waals surface area contributed by atoms with Gasteiger partial charge in [-0.1, -0.05) is 369 Å². The topological polar surface area (TPSA) is 237 Å². The average Bonchev–Trinajstić information content (AvgIpc) is 0.964. The van der Waals surface area contributed by atoms with Crippen LogP contribution in [-0.2, 0) is 65.4 Å². The molecule has 0 aromatic heterocycles. The van der Waals surface area contributed by atoms with Gasteiger partial charge in [-0.3, -0.25) is 37.3 Å². The first-order valence-corrected chi connectivity index (χ1v) is 44.2. The molecular weight excluding hydrogens is 1280 g/mol. The Kier molecular flexibility index (Phi) is 70.6. The molecule has 0 aromatic carbocycles. The smallest absolute Gasteiger partial charge is 0.462 e. The summed E-state index contributed by atoms with van der Waals surface area (Å²) in [5.74, 6) is -1.38. The zero-order valence-electron chi connectivity index (χ0n) is 63.9. The molecule has 582 valence electrons. The number of esters is 4. The van der Waals surface area contributed by atoms with Crippen LogP contribution in [0.3, 0.4) is 0 Å². The number of carbonyl (C=O) groups is 4. The van der Waals surface area contributed by atoms with E-state index in [0.29, 0.717) is 25.7 Å². The first-order valence-electron chi connectivity index (χ1n) is 41.2. The first-order chi connectivity index (χ1) is 47.6. The second kappa shape index (κ2) is 72.0. The summed E-state index contributed by atoms with van der Waals surface area (Å²) in [6.45, 7) is 7.28. The van der Waals surface area contributed by atoms with E-state index in [1.807, 2.05) is 0 Å². The second-order valence-corrected chi connectivity index (χ2v) is 31.6. The van der Waals surface area contributed by atoms with Gasteiger partial charge in [-0.25, -0.2) is 9.13 Å². The van der Waals surface area contributed by atoms with Gasteiger partial charge in [0.25, 0.3) is 0 Å². The molecule has 0 fully saturated rings. The fraction of sp³-hybridized carbons (Fsp3) is 0.949. The Labute approximate surface area is 600 Å². The summed E-state index contributed by atoms with van der Waals surface area (Å²) in [6.07, 6.45) is 62.4. The largest absolute Gasteiger partial charge is 0.472 e. The van der Waals surface area contributed by atoms with Crippen LogP contribution < -0.4 is 0 Å². The molecular formula is C79H154O17P2. The minimum atomic E-state index is -4.96. The van der Waals surface area contributed by atoms with Crippen molar-refractivity contribution in [2.24, 2.45) is 5.92 Å². The van der Waals surface area contributed by atoms with Gasteiger partial charge < -0.3 is 33.8 Å². The van der Waals surface area contributed by atoms with Crippen molar-refractivity contribution in [3.63, 3.8) is 0 Å². The van der Waals surface area contributed by atoms with Crippen LogP contribution in [0.2, 0.25) is 0 Å².